The van der Waals surface area contributed by atoms with Gasteiger partial charge in [-0.05, 0) is 37.0 Å². The Labute approximate surface area is 106 Å². The van der Waals surface area contributed by atoms with E-state index in [1.54, 1.807) is 18.2 Å². The van der Waals surface area contributed by atoms with Crippen LogP contribution in [0, 0.1) is 5.92 Å². The summed E-state index contributed by atoms with van der Waals surface area (Å²) in [6.45, 7) is 4.04. The van der Waals surface area contributed by atoms with Crippen molar-refractivity contribution >= 4 is 23.3 Å². The second-order valence-electron chi connectivity index (χ2n) is 4.64. The number of carbonyl (C=O) groups is 1. The second-order valence-corrected chi connectivity index (χ2v) is 5.07. The predicted molar refractivity (Wildman–Crippen MR) is 69.0 cm³/mol. The van der Waals surface area contributed by atoms with Crippen molar-refractivity contribution in [2.75, 3.05) is 18.0 Å². The highest BCUT2D eigenvalue weighted by atomic mass is 35.5. The van der Waals surface area contributed by atoms with E-state index in [1.165, 1.54) is 0 Å². The van der Waals surface area contributed by atoms with Gasteiger partial charge in [-0.15, -0.1) is 0 Å². The third kappa shape index (κ3) is 2.72. The van der Waals surface area contributed by atoms with Crippen molar-refractivity contribution in [1.82, 2.24) is 0 Å². The van der Waals surface area contributed by atoms with Crippen LogP contribution < -0.4 is 4.90 Å². The Morgan fingerprint density at radius 3 is 2.65 bits per heavy atom. The number of aromatic carboxylic acids is 1. The first-order valence-corrected chi connectivity index (χ1v) is 6.23. The van der Waals surface area contributed by atoms with Gasteiger partial charge in [-0.1, -0.05) is 18.5 Å². The fourth-order valence-corrected chi connectivity index (χ4v) is 2.36. The molecule has 1 aliphatic rings. The van der Waals surface area contributed by atoms with Crippen molar-refractivity contribution in [3.63, 3.8) is 0 Å². The van der Waals surface area contributed by atoms with Crippen LogP contribution in [0.5, 0.6) is 0 Å². The molecule has 0 saturated carbocycles. The average molecular weight is 254 g/mol. The Bertz CT molecular complexity index is 425. The topological polar surface area (TPSA) is 40.5 Å². The van der Waals surface area contributed by atoms with Gasteiger partial charge in [-0.3, -0.25) is 0 Å². The summed E-state index contributed by atoms with van der Waals surface area (Å²) >= 11 is 5.95. The number of halogens is 1. The average Bonchev–Trinajstić information content (AvgIpc) is 2.29. The second kappa shape index (κ2) is 4.96. The van der Waals surface area contributed by atoms with Crippen LogP contribution >= 0.6 is 11.6 Å². The lowest BCUT2D eigenvalue weighted by atomic mass is 9.98. The highest BCUT2D eigenvalue weighted by Crippen LogP contribution is 2.28. The molecule has 1 aromatic carbocycles. The van der Waals surface area contributed by atoms with Crippen molar-refractivity contribution in [3.8, 4) is 0 Å². The molecule has 4 heteroatoms. The first-order chi connectivity index (χ1) is 8.08. The smallest absolute Gasteiger partial charge is 0.337 e. The SMILES string of the molecule is CC1CCN(c2cc(Cl)ccc2C(=O)O)CC1. The third-order valence-electron chi connectivity index (χ3n) is 3.31. The Morgan fingerprint density at radius 2 is 2.06 bits per heavy atom. The molecule has 1 fully saturated rings. The van der Waals surface area contributed by atoms with Crippen molar-refractivity contribution in [2.24, 2.45) is 5.92 Å². The fraction of sp³-hybridized carbons (Fsp3) is 0.462. The van der Waals surface area contributed by atoms with Gasteiger partial charge in [0.1, 0.15) is 0 Å². The molecule has 1 aromatic rings. The van der Waals surface area contributed by atoms with Crippen LogP contribution in [-0.4, -0.2) is 24.2 Å². The summed E-state index contributed by atoms with van der Waals surface area (Å²) < 4.78 is 0. The Balaban J connectivity index is 2.30. The minimum Gasteiger partial charge on any atom is -0.478 e. The van der Waals surface area contributed by atoms with Gasteiger partial charge in [-0.25, -0.2) is 4.79 Å². The summed E-state index contributed by atoms with van der Waals surface area (Å²) in [6.07, 6.45) is 2.21. The number of rotatable bonds is 2. The van der Waals surface area contributed by atoms with E-state index in [1.807, 2.05) is 0 Å². The molecular formula is C13H16ClNO2. The number of anilines is 1. The number of benzene rings is 1. The van der Waals surface area contributed by atoms with E-state index in [0.717, 1.165) is 37.5 Å². The Morgan fingerprint density at radius 1 is 1.41 bits per heavy atom. The molecule has 0 bridgehead atoms. The zero-order chi connectivity index (χ0) is 12.4. The first-order valence-electron chi connectivity index (χ1n) is 5.85. The summed E-state index contributed by atoms with van der Waals surface area (Å²) in [7, 11) is 0. The van der Waals surface area contributed by atoms with Gasteiger partial charge >= 0.3 is 5.97 Å². The lowest BCUT2D eigenvalue weighted by Crippen LogP contribution is -2.33. The van der Waals surface area contributed by atoms with Gasteiger partial charge in [0, 0.05) is 18.1 Å². The molecule has 1 aliphatic heterocycles. The van der Waals surface area contributed by atoms with Crippen LogP contribution in [0.15, 0.2) is 18.2 Å². The normalized spacial score (nSPS) is 17.2. The maximum Gasteiger partial charge on any atom is 0.337 e. The largest absolute Gasteiger partial charge is 0.478 e. The Hall–Kier alpha value is -1.22. The van der Waals surface area contributed by atoms with Gasteiger partial charge in [0.2, 0.25) is 0 Å². The van der Waals surface area contributed by atoms with Crippen LogP contribution in [0.2, 0.25) is 5.02 Å². The predicted octanol–water partition coefficient (Wildman–Crippen LogP) is 3.27. The van der Waals surface area contributed by atoms with Crippen molar-refractivity contribution in [3.05, 3.63) is 28.8 Å². The van der Waals surface area contributed by atoms with Gasteiger partial charge in [0.25, 0.3) is 0 Å². The monoisotopic (exact) mass is 253 g/mol. The van der Waals surface area contributed by atoms with Crippen molar-refractivity contribution in [1.29, 1.82) is 0 Å². The van der Waals surface area contributed by atoms with Crippen molar-refractivity contribution in [2.45, 2.75) is 19.8 Å². The van der Waals surface area contributed by atoms with Crippen LogP contribution in [-0.2, 0) is 0 Å². The van der Waals surface area contributed by atoms with Gasteiger partial charge in [0.15, 0.2) is 0 Å². The number of carboxylic acids is 1. The van der Waals surface area contributed by atoms with Crippen LogP contribution in [0.4, 0.5) is 5.69 Å². The molecule has 1 N–H and O–H groups in total. The number of piperidine rings is 1. The lowest BCUT2D eigenvalue weighted by molar-refractivity contribution is 0.0697. The molecule has 0 radical (unpaired) electrons. The van der Waals surface area contributed by atoms with Crippen LogP contribution in [0.3, 0.4) is 0 Å². The maximum atomic E-state index is 11.2. The fourth-order valence-electron chi connectivity index (χ4n) is 2.20. The molecule has 0 aromatic heterocycles. The molecule has 1 heterocycles. The van der Waals surface area contributed by atoms with E-state index in [-0.39, 0.29) is 0 Å². The van der Waals surface area contributed by atoms with Gasteiger partial charge in [0.05, 0.1) is 11.3 Å². The lowest BCUT2D eigenvalue weighted by Gasteiger charge is -2.33. The van der Waals surface area contributed by atoms with Gasteiger partial charge < -0.3 is 10.0 Å². The van der Waals surface area contributed by atoms with Crippen LogP contribution in [0.25, 0.3) is 0 Å². The molecule has 0 atom stereocenters. The summed E-state index contributed by atoms with van der Waals surface area (Å²) in [5.41, 5.74) is 1.08. The minimum absolute atomic E-state index is 0.337. The maximum absolute atomic E-state index is 11.2. The molecule has 3 nitrogen and oxygen atoms in total. The van der Waals surface area contributed by atoms with Crippen LogP contribution in [0.1, 0.15) is 30.1 Å². The van der Waals surface area contributed by atoms with E-state index in [0.29, 0.717) is 10.6 Å². The van der Waals surface area contributed by atoms with E-state index >= 15 is 0 Å². The molecule has 2 rings (SSSR count). The minimum atomic E-state index is -0.893. The first kappa shape index (κ1) is 12.2. The number of carboxylic acid groups (broad SMARTS) is 1. The standard InChI is InChI=1S/C13H16ClNO2/c1-9-4-6-15(7-5-9)12-8-10(14)2-3-11(12)13(16)17/h2-3,8-9H,4-7H2,1H3,(H,16,17). The molecule has 0 amide bonds. The molecular weight excluding hydrogens is 238 g/mol. The van der Waals surface area contributed by atoms with E-state index in [2.05, 4.69) is 11.8 Å². The molecule has 0 aliphatic carbocycles. The number of hydrogen-bond donors (Lipinski definition) is 1. The number of hydrogen-bond acceptors (Lipinski definition) is 2. The zero-order valence-electron chi connectivity index (χ0n) is 9.82. The summed E-state index contributed by atoms with van der Waals surface area (Å²) in [6, 6.07) is 4.96. The summed E-state index contributed by atoms with van der Waals surface area (Å²) in [5.74, 6) is -0.172. The summed E-state index contributed by atoms with van der Waals surface area (Å²) in [5, 5.41) is 9.76. The molecule has 1 saturated heterocycles. The molecule has 0 spiro atoms. The number of nitrogens with zero attached hydrogens (tertiary/aromatic N) is 1. The van der Waals surface area contributed by atoms with E-state index < -0.39 is 5.97 Å². The van der Waals surface area contributed by atoms with Gasteiger partial charge in [-0.2, -0.15) is 0 Å². The van der Waals surface area contributed by atoms with E-state index in [4.69, 9.17) is 16.7 Å². The molecule has 92 valence electrons. The van der Waals surface area contributed by atoms with E-state index in [9.17, 15) is 4.79 Å². The highest BCUT2D eigenvalue weighted by molar-refractivity contribution is 6.31. The van der Waals surface area contributed by atoms with Crippen molar-refractivity contribution < 1.29 is 9.90 Å². The molecule has 0 unspecified atom stereocenters. The third-order valence-corrected chi connectivity index (χ3v) is 3.55. The molecule has 17 heavy (non-hydrogen) atoms. The Kier molecular flexibility index (Phi) is 3.57. The summed E-state index contributed by atoms with van der Waals surface area (Å²) in [4.78, 5) is 13.3. The quantitative estimate of drug-likeness (QED) is 0.879. The highest BCUT2D eigenvalue weighted by Gasteiger charge is 2.20. The zero-order valence-corrected chi connectivity index (χ0v) is 10.6.